The first-order valence-corrected chi connectivity index (χ1v) is 6.46. The van der Waals surface area contributed by atoms with Crippen LogP contribution in [0.5, 0.6) is 0 Å². The third kappa shape index (κ3) is 2.19. The fourth-order valence-electron chi connectivity index (χ4n) is 3.16. The molecule has 0 aliphatic carbocycles. The SMILES string of the molecule is COC(=O)C1(N2CCNCC2)CCNCC1C. The summed E-state index contributed by atoms with van der Waals surface area (Å²) in [6.07, 6.45) is 0.848. The number of hydrogen-bond acceptors (Lipinski definition) is 5. The average Bonchev–Trinajstić information content (AvgIpc) is 2.39. The molecule has 0 radical (unpaired) electrons. The van der Waals surface area contributed by atoms with E-state index in [-0.39, 0.29) is 5.97 Å². The van der Waals surface area contributed by atoms with Crippen molar-refractivity contribution in [3.8, 4) is 0 Å². The first kappa shape index (κ1) is 12.8. The molecule has 17 heavy (non-hydrogen) atoms. The number of methoxy groups -OCH3 is 1. The maximum atomic E-state index is 12.3. The highest BCUT2D eigenvalue weighted by atomic mass is 16.5. The molecule has 2 rings (SSSR count). The highest BCUT2D eigenvalue weighted by Crippen LogP contribution is 2.32. The monoisotopic (exact) mass is 241 g/mol. The summed E-state index contributed by atoms with van der Waals surface area (Å²) in [6, 6.07) is 0. The Bertz CT molecular complexity index is 279. The smallest absolute Gasteiger partial charge is 0.326 e. The highest BCUT2D eigenvalue weighted by Gasteiger charge is 2.50. The maximum absolute atomic E-state index is 12.3. The lowest BCUT2D eigenvalue weighted by Gasteiger charge is -2.49. The van der Waals surface area contributed by atoms with E-state index in [1.807, 2.05) is 0 Å². The Morgan fingerprint density at radius 2 is 2.00 bits per heavy atom. The summed E-state index contributed by atoms with van der Waals surface area (Å²) < 4.78 is 5.09. The molecule has 98 valence electrons. The van der Waals surface area contributed by atoms with Gasteiger partial charge >= 0.3 is 5.97 Å². The van der Waals surface area contributed by atoms with E-state index in [1.54, 1.807) is 0 Å². The van der Waals surface area contributed by atoms with Gasteiger partial charge < -0.3 is 15.4 Å². The second-order valence-corrected chi connectivity index (χ2v) is 5.01. The van der Waals surface area contributed by atoms with E-state index in [0.29, 0.717) is 5.92 Å². The van der Waals surface area contributed by atoms with Gasteiger partial charge in [-0.2, -0.15) is 0 Å². The van der Waals surface area contributed by atoms with Gasteiger partial charge in [-0.05, 0) is 18.9 Å². The van der Waals surface area contributed by atoms with Crippen molar-refractivity contribution in [3.63, 3.8) is 0 Å². The molecule has 2 aliphatic heterocycles. The van der Waals surface area contributed by atoms with E-state index in [0.717, 1.165) is 45.7 Å². The number of nitrogens with one attached hydrogen (secondary N) is 2. The van der Waals surface area contributed by atoms with Gasteiger partial charge in [-0.3, -0.25) is 9.69 Å². The molecule has 0 saturated carbocycles. The molecule has 2 N–H and O–H groups in total. The van der Waals surface area contributed by atoms with Crippen molar-refractivity contribution in [1.82, 2.24) is 15.5 Å². The molecule has 0 aromatic rings. The van der Waals surface area contributed by atoms with Gasteiger partial charge in [0.15, 0.2) is 0 Å². The second kappa shape index (κ2) is 5.33. The van der Waals surface area contributed by atoms with Crippen molar-refractivity contribution >= 4 is 5.97 Å². The molecule has 2 fully saturated rings. The molecular formula is C12H23N3O2. The van der Waals surface area contributed by atoms with Gasteiger partial charge in [0.25, 0.3) is 0 Å². The van der Waals surface area contributed by atoms with Gasteiger partial charge in [-0.15, -0.1) is 0 Å². The molecule has 5 nitrogen and oxygen atoms in total. The normalized spacial score (nSPS) is 35.5. The number of esters is 1. The van der Waals surface area contributed by atoms with Crippen LogP contribution >= 0.6 is 0 Å². The van der Waals surface area contributed by atoms with Gasteiger partial charge in [0.2, 0.25) is 0 Å². The topological polar surface area (TPSA) is 53.6 Å². The summed E-state index contributed by atoms with van der Waals surface area (Å²) >= 11 is 0. The molecule has 2 unspecified atom stereocenters. The zero-order valence-electron chi connectivity index (χ0n) is 10.8. The van der Waals surface area contributed by atoms with Crippen molar-refractivity contribution in [3.05, 3.63) is 0 Å². The minimum Gasteiger partial charge on any atom is -0.468 e. The number of piperidine rings is 1. The zero-order chi connectivity index (χ0) is 12.3. The first-order chi connectivity index (χ1) is 8.21. The summed E-state index contributed by atoms with van der Waals surface area (Å²) in [7, 11) is 1.50. The maximum Gasteiger partial charge on any atom is 0.326 e. The second-order valence-electron chi connectivity index (χ2n) is 5.01. The van der Waals surface area contributed by atoms with E-state index in [9.17, 15) is 4.79 Å². The molecule has 0 aromatic carbocycles. The first-order valence-electron chi connectivity index (χ1n) is 6.46. The quantitative estimate of drug-likeness (QED) is 0.634. The lowest BCUT2D eigenvalue weighted by atomic mass is 9.77. The van der Waals surface area contributed by atoms with Gasteiger partial charge in [-0.25, -0.2) is 0 Å². The Kier molecular flexibility index (Phi) is 4.01. The Balaban J connectivity index is 2.24. The van der Waals surface area contributed by atoms with Crippen LogP contribution in [-0.4, -0.2) is 62.8 Å². The summed E-state index contributed by atoms with van der Waals surface area (Å²) in [4.78, 5) is 14.6. The van der Waals surface area contributed by atoms with Crippen LogP contribution in [0.4, 0.5) is 0 Å². The van der Waals surface area contributed by atoms with Crippen LogP contribution in [0.25, 0.3) is 0 Å². The number of nitrogens with zero attached hydrogens (tertiary/aromatic N) is 1. The molecule has 2 saturated heterocycles. The average molecular weight is 241 g/mol. The molecule has 0 bridgehead atoms. The van der Waals surface area contributed by atoms with Crippen molar-refractivity contribution in [2.45, 2.75) is 18.9 Å². The molecule has 2 atom stereocenters. The summed E-state index contributed by atoms with van der Waals surface area (Å²) in [5, 5.41) is 6.69. The van der Waals surface area contributed by atoms with Gasteiger partial charge in [0.05, 0.1) is 7.11 Å². The lowest BCUT2D eigenvalue weighted by molar-refractivity contribution is -0.162. The van der Waals surface area contributed by atoms with Crippen LogP contribution in [0.2, 0.25) is 0 Å². The van der Waals surface area contributed by atoms with E-state index >= 15 is 0 Å². The summed E-state index contributed by atoms with van der Waals surface area (Å²) in [5.41, 5.74) is -0.415. The summed E-state index contributed by atoms with van der Waals surface area (Å²) in [5.74, 6) is 0.232. The van der Waals surface area contributed by atoms with Gasteiger partial charge in [0, 0.05) is 32.7 Å². The van der Waals surface area contributed by atoms with E-state index < -0.39 is 5.54 Å². The largest absolute Gasteiger partial charge is 0.468 e. The van der Waals surface area contributed by atoms with Crippen LogP contribution in [0.3, 0.4) is 0 Å². The van der Waals surface area contributed by atoms with Crippen molar-refractivity contribution in [1.29, 1.82) is 0 Å². The zero-order valence-corrected chi connectivity index (χ0v) is 10.8. The number of carbonyl (C=O) groups excluding carboxylic acids is 1. The van der Waals surface area contributed by atoms with E-state index in [1.165, 1.54) is 7.11 Å². The lowest BCUT2D eigenvalue weighted by Crippen LogP contribution is -2.67. The van der Waals surface area contributed by atoms with Crippen LogP contribution in [0.1, 0.15) is 13.3 Å². The Morgan fingerprint density at radius 1 is 1.29 bits per heavy atom. The molecule has 0 amide bonds. The van der Waals surface area contributed by atoms with Crippen LogP contribution < -0.4 is 10.6 Å². The standard InChI is InChI=1S/C12H23N3O2/c1-10-9-14-4-3-12(10,11(16)17-2)15-7-5-13-6-8-15/h10,13-14H,3-9H2,1-2H3. The van der Waals surface area contributed by atoms with Gasteiger partial charge in [-0.1, -0.05) is 6.92 Å². The predicted octanol–water partition coefficient (Wildman–Crippen LogP) is -0.567. The third-order valence-electron chi connectivity index (χ3n) is 4.17. The minimum atomic E-state index is -0.415. The van der Waals surface area contributed by atoms with Gasteiger partial charge in [0.1, 0.15) is 5.54 Å². The Hall–Kier alpha value is -0.650. The fourth-order valence-corrected chi connectivity index (χ4v) is 3.16. The Morgan fingerprint density at radius 3 is 2.59 bits per heavy atom. The molecule has 2 heterocycles. The number of rotatable bonds is 2. The number of piperazine rings is 1. The van der Waals surface area contributed by atoms with Crippen LogP contribution in [0.15, 0.2) is 0 Å². The van der Waals surface area contributed by atoms with E-state index in [4.69, 9.17) is 4.74 Å². The van der Waals surface area contributed by atoms with Crippen molar-refractivity contribution in [2.75, 3.05) is 46.4 Å². The van der Waals surface area contributed by atoms with E-state index in [2.05, 4.69) is 22.5 Å². The molecule has 0 aromatic heterocycles. The van der Waals surface area contributed by atoms with Crippen molar-refractivity contribution < 1.29 is 9.53 Å². The minimum absolute atomic E-state index is 0.0617. The number of hydrogen-bond donors (Lipinski definition) is 2. The van der Waals surface area contributed by atoms with Crippen LogP contribution in [-0.2, 0) is 9.53 Å². The Labute approximate surface area is 103 Å². The molecule has 5 heteroatoms. The molecule has 2 aliphatic rings. The molecule has 0 spiro atoms. The number of carbonyl (C=O) groups is 1. The van der Waals surface area contributed by atoms with Crippen LogP contribution in [0, 0.1) is 5.92 Å². The van der Waals surface area contributed by atoms with Crippen molar-refractivity contribution in [2.24, 2.45) is 5.92 Å². The number of ether oxygens (including phenoxy) is 1. The molecular weight excluding hydrogens is 218 g/mol. The highest BCUT2D eigenvalue weighted by molar-refractivity contribution is 5.81. The third-order valence-corrected chi connectivity index (χ3v) is 4.17. The fraction of sp³-hybridized carbons (Fsp3) is 0.917. The predicted molar refractivity (Wildman–Crippen MR) is 65.8 cm³/mol. The summed E-state index contributed by atoms with van der Waals surface area (Å²) in [6.45, 7) is 7.70.